The van der Waals surface area contributed by atoms with Crippen LogP contribution in [0.25, 0.3) is 0 Å². The first kappa shape index (κ1) is 26.3. The molecule has 8 nitrogen and oxygen atoms in total. The Kier molecular flexibility index (Phi) is 8.36. The predicted octanol–water partition coefficient (Wildman–Crippen LogP) is 3.85. The van der Waals surface area contributed by atoms with Crippen LogP contribution >= 0.6 is 11.8 Å². The van der Waals surface area contributed by atoms with Crippen molar-refractivity contribution in [2.75, 3.05) is 25.4 Å². The molecule has 4 bridgehead atoms. The number of nitrogens with two attached hydrogens (primary N) is 1. The number of thioether (sulfide) groups is 1. The minimum Gasteiger partial charge on any atom is -0.474 e. The van der Waals surface area contributed by atoms with E-state index in [1.54, 1.807) is 11.8 Å². The average molecular weight is 507 g/mol. The third-order valence-electron chi connectivity index (χ3n) is 7.62. The van der Waals surface area contributed by atoms with Crippen LogP contribution in [0.3, 0.4) is 0 Å². The van der Waals surface area contributed by atoms with E-state index in [-0.39, 0.29) is 30.2 Å². The Labute approximate surface area is 213 Å². The topological polar surface area (TPSA) is 119 Å². The lowest BCUT2D eigenvalue weighted by molar-refractivity contribution is -0.123. The van der Waals surface area contributed by atoms with Gasteiger partial charge in [-0.1, -0.05) is 27.7 Å². The van der Waals surface area contributed by atoms with Crippen molar-refractivity contribution < 1.29 is 18.8 Å². The van der Waals surface area contributed by atoms with Crippen LogP contribution < -0.4 is 21.1 Å². The van der Waals surface area contributed by atoms with Crippen molar-refractivity contribution in [1.82, 2.24) is 15.8 Å². The van der Waals surface area contributed by atoms with E-state index in [0.29, 0.717) is 48.0 Å². The molecule has 0 saturated heterocycles. The molecule has 0 atom stereocenters. The zero-order chi connectivity index (χ0) is 25.2. The highest BCUT2D eigenvalue weighted by Crippen LogP contribution is 2.53. The van der Waals surface area contributed by atoms with Gasteiger partial charge in [0, 0.05) is 36.7 Å². The summed E-state index contributed by atoms with van der Waals surface area (Å²) in [6, 6.07) is 0.235. The van der Waals surface area contributed by atoms with E-state index in [0.717, 1.165) is 17.6 Å². The quantitative estimate of drug-likeness (QED) is 0.368. The molecule has 0 aliphatic heterocycles. The number of nitrogens with zero attached hydrogens (tertiary/aromatic N) is 1. The molecule has 1 aromatic heterocycles. The van der Waals surface area contributed by atoms with Gasteiger partial charge in [0.25, 0.3) is 11.8 Å². The summed E-state index contributed by atoms with van der Waals surface area (Å²) < 4.78 is 11.6. The molecule has 5 rings (SSSR count). The van der Waals surface area contributed by atoms with Crippen LogP contribution in [-0.4, -0.2) is 48.5 Å². The molecule has 196 valence electrons. The first-order valence-electron chi connectivity index (χ1n) is 13.2. The minimum atomic E-state index is -0.416. The predicted molar refractivity (Wildman–Crippen MR) is 136 cm³/mol. The fourth-order valence-corrected chi connectivity index (χ4v) is 7.26. The van der Waals surface area contributed by atoms with E-state index >= 15 is 0 Å². The van der Waals surface area contributed by atoms with Crippen LogP contribution in [0.4, 0.5) is 0 Å². The minimum absolute atomic E-state index is 0.0608. The second kappa shape index (κ2) is 11.1. The number of carbonyl (C=O) groups is 2. The molecule has 0 radical (unpaired) electrons. The third kappa shape index (κ3) is 6.53. The van der Waals surface area contributed by atoms with Crippen LogP contribution in [-0.2, 0) is 4.79 Å². The van der Waals surface area contributed by atoms with Crippen molar-refractivity contribution in [3.8, 4) is 5.88 Å². The smallest absolute Gasteiger partial charge is 0.291 e. The van der Waals surface area contributed by atoms with Gasteiger partial charge in [-0.15, -0.1) is 11.8 Å². The molecule has 0 spiro atoms. The molecule has 1 aromatic rings. The van der Waals surface area contributed by atoms with Gasteiger partial charge in [-0.05, 0) is 66.9 Å². The highest BCUT2D eigenvalue weighted by atomic mass is 32.2. The second-order valence-corrected chi connectivity index (χ2v) is 13.1. The number of nitrogens with one attached hydrogen (secondary N) is 2. The summed E-state index contributed by atoms with van der Waals surface area (Å²) in [6.45, 7) is 9.36. The SMILES string of the molecule is CC(C)CSc1c(OCC(C)(C)CC(=O)NCCN)noc1C(=O)NC1C2CC3CC(C2)CC1C3. The third-order valence-corrected chi connectivity index (χ3v) is 9.10. The number of ether oxygens (including phenoxy) is 1. The summed E-state index contributed by atoms with van der Waals surface area (Å²) in [6.07, 6.45) is 6.66. The largest absolute Gasteiger partial charge is 0.474 e. The van der Waals surface area contributed by atoms with Gasteiger partial charge in [-0.2, -0.15) is 0 Å². The Morgan fingerprint density at radius 1 is 1.17 bits per heavy atom. The van der Waals surface area contributed by atoms with Crippen LogP contribution in [0.2, 0.25) is 0 Å². The van der Waals surface area contributed by atoms with Gasteiger partial charge >= 0.3 is 0 Å². The van der Waals surface area contributed by atoms with Gasteiger partial charge in [0.05, 0.1) is 6.61 Å². The summed E-state index contributed by atoms with van der Waals surface area (Å²) in [4.78, 5) is 26.2. The van der Waals surface area contributed by atoms with E-state index < -0.39 is 5.41 Å². The molecule has 4 fully saturated rings. The highest BCUT2D eigenvalue weighted by molar-refractivity contribution is 7.99. The number of amides is 2. The standard InChI is InChI=1S/C26H42N4O4S/c1-15(2)13-35-23-22(24(32)29-21-18-8-16-7-17(10-18)11-19(21)9-16)34-30-25(23)33-14-26(3,4)12-20(31)28-6-5-27/h15-19,21H,5-14,27H2,1-4H3,(H,28,31)(H,29,32). The monoisotopic (exact) mass is 506 g/mol. The summed E-state index contributed by atoms with van der Waals surface area (Å²) in [5, 5.41) is 10.3. The lowest BCUT2D eigenvalue weighted by Gasteiger charge is -2.54. The molecule has 1 heterocycles. The molecule has 0 aromatic carbocycles. The summed E-state index contributed by atoms with van der Waals surface area (Å²) in [7, 11) is 0. The summed E-state index contributed by atoms with van der Waals surface area (Å²) in [5.74, 6) is 4.48. The number of carbonyl (C=O) groups excluding carboxylic acids is 2. The first-order chi connectivity index (χ1) is 16.6. The van der Waals surface area contributed by atoms with Gasteiger partial charge in [-0.25, -0.2) is 0 Å². The van der Waals surface area contributed by atoms with Crippen molar-refractivity contribution in [1.29, 1.82) is 0 Å². The maximum atomic E-state index is 13.4. The molecule has 4 N–H and O–H groups in total. The van der Waals surface area contributed by atoms with Crippen LogP contribution in [0.15, 0.2) is 9.42 Å². The number of hydrogen-bond donors (Lipinski definition) is 3. The zero-order valence-corrected chi connectivity index (χ0v) is 22.4. The molecule has 4 aliphatic carbocycles. The van der Waals surface area contributed by atoms with Crippen LogP contribution in [0.1, 0.15) is 76.8 Å². The Balaban J connectivity index is 1.42. The first-order valence-corrected chi connectivity index (χ1v) is 14.2. The highest BCUT2D eigenvalue weighted by Gasteiger charge is 2.49. The van der Waals surface area contributed by atoms with Gasteiger partial charge in [0.1, 0.15) is 4.90 Å². The van der Waals surface area contributed by atoms with Gasteiger partial charge in [-0.3, -0.25) is 9.59 Å². The van der Waals surface area contributed by atoms with Gasteiger partial charge in [0.2, 0.25) is 11.7 Å². The average Bonchev–Trinajstić information content (AvgIpc) is 3.19. The van der Waals surface area contributed by atoms with E-state index in [4.69, 9.17) is 15.0 Å². The lowest BCUT2D eigenvalue weighted by atomic mass is 9.54. The Bertz CT molecular complexity index is 872. The number of aromatic nitrogens is 1. The van der Waals surface area contributed by atoms with E-state index in [1.807, 2.05) is 13.8 Å². The van der Waals surface area contributed by atoms with Crippen molar-refractivity contribution >= 4 is 23.6 Å². The molecule has 2 amide bonds. The number of rotatable bonds is 12. The van der Waals surface area contributed by atoms with Crippen LogP contribution in [0.5, 0.6) is 5.88 Å². The molecule has 4 aliphatic rings. The Hall–Kier alpha value is -1.74. The van der Waals surface area contributed by atoms with Gasteiger partial charge < -0.3 is 25.6 Å². The molecular weight excluding hydrogens is 464 g/mol. The van der Waals surface area contributed by atoms with Crippen molar-refractivity contribution in [2.24, 2.45) is 40.7 Å². The van der Waals surface area contributed by atoms with Crippen LogP contribution in [0, 0.1) is 35.0 Å². The van der Waals surface area contributed by atoms with Crippen molar-refractivity contribution in [2.45, 2.75) is 77.2 Å². The maximum absolute atomic E-state index is 13.4. The normalized spacial score (nSPS) is 27.3. The van der Waals surface area contributed by atoms with Crippen molar-refractivity contribution in [3.63, 3.8) is 0 Å². The van der Waals surface area contributed by atoms with Crippen molar-refractivity contribution in [3.05, 3.63) is 5.76 Å². The van der Waals surface area contributed by atoms with E-state index in [9.17, 15) is 9.59 Å². The molecule has 9 heteroatoms. The molecule has 4 saturated carbocycles. The Morgan fingerprint density at radius 2 is 1.83 bits per heavy atom. The number of hydrogen-bond acceptors (Lipinski definition) is 7. The van der Waals surface area contributed by atoms with E-state index in [2.05, 4.69) is 29.6 Å². The molecule has 35 heavy (non-hydrogen) atoms. The summed E-state index contributed by atoms with van der Waals surface area (Å²) in [5.41, 5.74) is 5.05. The Morgan fingerprint density at radius 3 is 2.43 bits per heavy atom. The fourth-order valence-electron chi connectivity index (χ4n) is 6.28. The summed E-state index contributed by atoms with van der Waals surface area (Å²) >= 11 is 1.55. The van der Waals surface area contributed by atoms with E-state index in [1.165, 1.54) is 32.1 Å². The zero-order valence-electron chi connectivity index (χ0n) is 21.6. The lowest BCUT2D eigenvalue weighted by Crippen LogP contribution is -2.55. The molecule has 0 unspecified atom stereocenters. The molecular formula is C26H42N4O4S. The fraction of sp³-hybridized carbons (Fsp3) is 0.808. The maximum Gasteiger partial charge on any atom is 0.291 e. The second-order valence-electron chi connectivity index (χ2n) is 12.0. The van der Waals surface area contributed by atoms with Gasteiger partial charge in [0.15, 0.2) is 0 Å².